The van der Waals surface area contributed by atoms with Gasteiger partial charge >= 0.3 is 0 Å². The Kier molecular flexibility index (Phi) is 5.90. The zero-order valence-electron chi connectivity index (χ0n) is 16.6. The van der Waals surface area contributed by atoms with Gasteiger partial charge in [-0.05, 0) is 23.3 Å². The van der Waals surface area contributed by atoms with E-state index in [1.807, 2.05) is 60.7 Å². The maximum atomic E-state index is 13.0. The number of methoxy groups -OCH3 is 1. The van der Waals surface area contributed by atoms with Crippen molar-refractivity contribution in [3.8, 4) is 17.1 Å². The van der Waals surface area contributed by atoms with Gasteiger partial charge in [-0.3, -0.25) is 4.79 Å². The van der Waals surface area contributed by atoms with Crippen LogP contribution in [0.4, 0.5) is 0 Å². The minimum absolute atomic E-state index is 0.0259. The van der Waals surface area contributed by atoms with E-state index < -0.39 is 0 Å². The molecule has 0 aliphatic rings. The van der Waals surface area contributed by atoms with Crippen molar-refractivity contribution >= 4 is 5.91 Å². The number of nitrogens with zero attached hydrogens (tertiary/aromatic N) is 1. The number of amides is 1. The summed E-state index contributed by atoms with van der Waals surface area (Å²) < 4.78 is 10.9. The molecule has 0 aliphatic heterocycles. The molecule has 1 N–H and O–H groups in total. The zero-order chi connectivity index (χ0) is 20.8. The molecule has 150 valence electrons. The van der Waals surface area contributed by atoms with Crippen LogP contribution in [0.25, 0.3) is 11.3 Å². The summed E-state index contributed by atoms with van der Waals surface area (Å²) in [6.07, 6.45) is 1.28. The molecule has 0 radical (unpaired) electrons. The highest BCUT2D eigenvalue weighted by Crippen LogP contribution is 2.32. The predicted molar refractivity (Wildman–Crippen MR) is 116 cm³/mol. The third-order valence-electron chi connectivity index (χ3n) is 5.00. The number of carbonyl (C=O) groups excluding carboxylic acids is 1. The van der Waals surface area contributed by atoms with Gasteiger partial charge < -0.3 is 14.5 Å². The summed E-state index contributed by atoms with van der Waals surface area (Å²) in [5, 5.41) is 3.03. The second-order valence-electron chi connectivity index (χ2n) is 6.81. The van der Waals surface area contributed by atoms with Gasteiger partial charge in [0.25, 0.3) is 5.91 Å². The number of hydrogen-bond donors (Lipinski definition) is 1. The van der Waals surface area contributed by atoms with E-state index in [0.29, 0.717) is 23.6 Å². The molecule has 1 amide bonds. The summed E-state index contributed by atoms with van der Waals surface area (Å²) in [6.45, 7) is 0.436. The lowest BCUT2D eigenvalue weighted by molar-refractivity contribution is 0.0948. The van der Waals surface area contributed by atoms with Crippen LogP contribution in [-0.4, -0.2) is 24.5 Å². The molecule has 0 saturated carbocycles. The molecule has 30 heavy (non-hydrogen) atoms. The van der Waals surface area contributed by atoms with Gasteiger partial charge in [-0.1, -0.05) is 72.8 Å². The zero-order valence-corrected chi connectivity index (χ0v) is 16.6. The van der Waals surface area contributed by atoms with Crippen molar-refractivity contribution in [1.82, 2.24) is 10.3 Å². The van der Waals surface area contributed by atoms with E-state index in [0.717, 1.165) is 11.1 Å². The molecular weight excluding hydrogens is 376 g/mol. The largest absolute Gasteiger partial charge is 0.496 e. The number of nitrogens with one attached hydrogen (secondary N) is 1. The van der Waals surface area contributed by atoms with Gasteiger partial charge in [0.2, 0.25) is 0 Å². The lowest BCUT2D eigenvalue weighted by atomic mass is 9.91. The van der Waals surface area contributed by atoms with E-state index in [2.05, 4.69) is 34.6 Å². The van der Waals surface area contributed by atoms with Gasteiger partial charge in [0.1, 0.15) is 5.75 Å². The molecule has 0 saturated heterocycles. The van der Waals surface area contributed by atoms with E-state index in [4.69, 9.17) is 9.15 Å². The molecule has 0 aliphatic carbocycles. The number of para-hydroxylation sites is 1. The average molecular weight is 398 g/mol. The molecule has 1 heterocycles. The first-order valence-electron chi connectivity index (χ1n) is 9.73. The standard InChI is InChI=1S/C25H22N2O3/c1-29-22-15-9-8-14-20(22)24-23(27-17-30-24)25(28)26-16-21(18-10-4-2-5-11-18)19-12-6-3-7-13-19/h2-15,17,21H,16H2,1H3,(H,26,28). The molecule has 1 aromatic heterocycles. The van der Waals surface area contributed by atoms with Crippen molar-refractivity contribution in [2.45, 2.75) is 5.92 Å². The highest BCUT2D eigenvalue weighted by molar-refractivity contribution is 5.98. The molecular formula is C25H22N2O3. The Labute approximate surface area is 175 Å². The number of oxazole rings is 1. The van der Waals surface area contributed by atoms with E-state index in [1.165, 1.54) is 6.39 Å². The van der Waals surface area contributed by atoms with Crippen LogP contribution < -0.4 is 10.1 Å². The Bertz CT molecular complexity index is 1070. The molecule has 4 rings (SSSR count). The molecule has 0 bridgehead atoms. The number of benzene rings is 3. The quantitative estimate of drug-likeness (QED) is 0.480. The van der Waals surface area contributed by atoms with Crippen LogP contribution in [0.3, 0.4) is 0 Å². The van der Waals surface area contributed by atoms with Crippen LogP contribution in [0.2, 0.25) is 0 Å². The van der Waals surface area contributed by atoms with Gasteiger partial charge in [-0.15, -0.1) is 0 Å². The summed E-state index contributed by atoms with van der Waals surface area (Å²) in [5.74, 6) is 0.746. The van der Waals surface area contributed by atoms with E-state index >= 15 is 0 Å². The monoisotopic (exact) mass is 398 g/mol. The normalized spacial score (nSPS) is 10.7. The van der Waals surface area contributed by atoms with E-state index in [9.17, 15) is 4.79 Å². The Morgan fingerprint density at radius 1 is 0.933 bits per heavy atom. The predicted octanol–water partition coefficient (Wildman–Crippen LogP) is 4.91. The third-order valence-corrected chi connectivity index (χ3v) is 5.00. The van der Waals surface area contributed by atoms with E-state index in [-0.39, 0.29) is 17.5 Å². The van der Waals surface area contributed by atoms with Gasteiger partial charge in [-0.2, -0.15) is 0 Å². The molecule has 5 nitrogen and oxygen atoms in total. The summed E-state index contributed by atoms with van der Waals surface area (Å²) in [6, 6.07) is 27.7. The van der Waals surface area contributed by atoms with Gasteiger partial charge in [0.05, 0.1) is 12.7 Å². The highest BCUT2D eigenvalue weighted by atomic mass is 16.5. The number of aromatic nitrogens is 1. The molecule has 4 aromatic rings. The summed E-state index contributed by atoms with van der Waals surface area (Å²) in [7, 11) is 1.58. The number of hydrogen-bond acceptors (Lipinski definition) is 4. The second-order valence-corrected chi connectivity index (χ2v) is 6.81. The number of rotatable bonds is 7. The maximum absolute atomic E-state index is 13.0. The highest BCUT2D eigenvalue weighted by Gasteiger charge is 2.22. The first-order valence-corrected chi connectivity index (χ1v) is 9.73. The number of ether oxygens (including phenoxy) is 1. The van der Waals surface area contributed by atoms with Crippen LogP contribution in [0.15, 0.2) is 95.7 Å². The Morgan fingerprint density at radius 3 is 2.17 bits per heavy atom. The van der Waals surface area contributed by atoms with Crippen LogP contribution in [0, 0.1) is 0 Å². The van der Waals surface area contributed by atoms with Crippen molar-refractivity contribution in [2.75, 3.05) is 13.7 Å². The lowest BCUT2D eigenvalue weighted by Crippen LogP contribution is -2.29. The first kappa shape index (κ1) is 19.5. The fourth-order valence-electron chi connectivity index (χ4n) is 3.51. The molecule has 0 atom stereocenters. The van der Waals surface area contributed by atoms with Crippen molar-refractivity contribution in [1.29, 1.82) is 0 Å². The average Bonchev–Trinajstić information content (AvgIpc) is 3.30. The first-order chi connectivity index (χ1) is 14.8. The minimum atomic E-state index is -0.290. The van der Waals surface area contributed by atoms with Crippen molar-refractivity contribution in [3.05, 3.63) is 108 Å². The van der Waals surface area contributed by atoms with Crippen molar-refractivity contribution in [2.24, 2.45) is 0 Å². The summed E-state index contributed by atoms with van der Waals surface area (Å²) in [5.41, 5.74) is 3.19. The van der Waals surface area contributed by atoms with Crippen molar-refractivity contribution in [3.63, 3.8) is 0 Å². The molecule has 0 fully saturated rings. The van der Waals surface area contributed by atoms with Gasteiger partial charge in [-0.25, -0.2) is 4.98 Å². The number of carbonyl (C=O) groups is 1. The van der Waals surface area contributed by atoms with Crippen LogP contribution in [-0.2, 0) is 0 Å². The Hall–Kier alpha value is -3.86. The van der Waals surface area contributed by atoms with Gasteiger partial charge in [0, 0.05) is 12.5 Å². The summed E-state index contributed by atoms with van der Waals surface area (Å²) >= 11 is 0. The van der Waals surface area contributed by atoms with Crippen LogP contribution in [0.1, 0.15) is 27.5 Å². The second kappa shape index (κ2) is 9.09. The van der Waals surface area contributed by atoms with E-state index in [1.54, 1.807) is 7.11 Å². The Balaban J connectivity index is 1.58. The summed E-state index contributed by atoms with van der Waals surface area (Å²) in [4.78, 5) is 17.1. The minimum Gasteiger partial charge on any atom is -0.496 e. The SMILES string of the molecule is COc1ccccc1-c1ocnc1C(=O)NCC(c1ccccc1)c1ccccc1. The molecule has 3 aromatic carbocycles. The van der Waals surface area contributed by atoms with Gasteiger partial charge in [0.15, 0.2) is 17.8 Å². The van der Waals surface area contributed by atoms with Crippen molar-refractivity contribution < 1.29 is 13.9 Å². The molecule has 5 heteroatoms. The van der Waals surface area contributed by atoms with Crippen LogP contribution >= 0.6 is 0 Å². The fourth-order valence-corrected chi connectivity index (χ4v) is 3.51. The van der Waals surface area contributed by atoms with Crippen LogP contribution in [0.5, 0.6) is 5.75 Å². The lowest BCUT2D eigenvalue weighted by Gasteiger charge is -2.18. The third kappa shape index (κ3) is 4.10. The molecule has 0 spiro atoms. The molecule has 0 unspecified atom stereocenters. The Morgan fingerprint density at radius 2 is 1.53 bits per heavy atom. The fraction of sp³-hybridized carbons (Fsp3) is 0.120. The topological polar surface area (TPSA) is 64.4 Å². The maximum Gasteiger partial charge on any atom is 0.273 e. The smallest absolute Gasteiger partial charge is 0.273 e.